The topological polar surface area (TPSA) is 17.8 Å². The molecule has 0 fully saturated rings. The fraction of sp³-hybridized carbons (Fsp3) is 0.182. The van der Waals surface area contributed by atoms with Gasteiger partial charge >= 0.3 is 0 Å². The van der Waals surface area contributed by atoms with Gasteiger partial charge in [-0.1, -0.05) is 33.6 Å². The average molecular weight is 340 g/mol. The second-order valence-corrected chi connectivity index (χ2v) is 4.40. The van der Waals surface area contributed by atoms with Gasteiger partial charge < -0.3 is 0 Å². The second-order valence-electron chi connectivity index (χ2n) is 3.48. The summed E-state index contributed by atoms with van der Waals surface area (Å²) in [4.78, 5) is 0. The largest absolute Gasteiger partial charge is 0.282 e. The van der Waals surface area contributed by atoms with Crippen LogP contribution in [0, 0.1) is 5.82 Å². The van der Waals surface area contributed by atoms with E-state index in [9.17, 15) is 13.2 Å². The minimum Gasteiger partial charge on any atom is -0.221 e. The van der Waals surface area contributed by atoms with Crippen LogP contribution in [0.25, 0.3) is 5.69 Å². The molecular weight excluding hydrogens is 332 g/mol. The summed E-state index contributed by atoms with van der Waals surface area (Å²) >= 11 is 9.06. The van der Waals surface area contributed by atoms with Crippen LogP contribution in [-0.2, 0) is 5.33 Å². The summed E-state index contributed by atoms with van der Waals surface area (Å²) in [5.41, 5.74) is 0.103. The molecule has 96 valence electrons. The standard InChI is InChI=1S/C11H7BrClF3N2/c12-5-8-9(11(15)16)17-18(10(8)13)7-3-1-2-6(14)4-7/h1-4,11H,5H2. The molecule has 7 heteroatoms. The first-order valence-corrected chi connectivity index (χ1v) is 6.42. The summed E-state index contributed by atoms with van der Waals surface area (Å²) in [7, 11) is 0. The van der Waals surface area contributed by atoms with Gasteiger partial charge in [-0.25, -0.2) is 17.9 Å². The molecule has 0 unspecified atom stereocenters. The first-order valence-electron chi connectivity index (χ1n) is 4.92. The summed E-state index contributed by atoms with van der Waals surface area (Å²) in [6.07, 6.45) is -2.73. The maximum atomic E-state index is 13.1. The molecule has 0 aliphatic carbocycles. The van der Waals surface area contributed by atoms with E-state index in [1.54, 1.807) is 0 Å². The molecule has 18 heavy (non-hydrogen) atoms. The van der Waals surface area contributed by atoms with Crippen molar-refractivity contribution in [3.8, 4) is 5.69 Å². The van der Waals surface area contributed by atoms with Crippen LogP contribution in [0.5, 0.6) is 0 Å². The van der Waals surface area contributed by atoms with E-state index in [2.05, 4.69) is 21.0 Å². The fourth-order valence-corrected chi connectivity index (χ4v) is 2.54. The van der Waals surface area contributed by atoms with Crippen molar-refractivity contribution >= 4 is 27.5 Å². The molecule has 0 saturated heterocycles. The lowest BCUT2D eigenvalue weighted by Gasteiger charge is -2.02. The van der Waals surface area contributed by atoms with E-state index in [0.717, 1.165) is 4.68 Å². The van der Waals surface area contributed by atoms with E-state index in [4.69, 9.17) is 11.6 Å². The van der Waals surface area contributed by atoms with Crippen molar-refractivity contribution in [3.05, 3.63) is 46.5 Å². The highest BCUT2D eigenvalue weighted by Gasteiger charge is 2.23. The van der Waals surface area contributed by atoms with Crippen molar-refractivity contribution in [2.75, 3.05) is 0 Å². The number of hydrogen-bond acceptors (Lipinski definition) is 1. The molecule has 0 aliphatic rings. The van der Waals surface area contributed by atoms with Gasteiger partial charge in [-0.3, -0.25) is 0 Å². The number of rotatable bonds is 3. The molecule has 1 heterocycles. The van der Waals surface area contributed by atoms with Crippen LogP contribution in [-0.4, -0.2) is 9.78 Å². The number of hydrogen-bond donors (Lipinski definition) is 0. The lowest BCUT2D eigenvalue weighted by molar-refractivity contribution is 0.144. The van der Waals surface area contributed by atoms with Crippen molar-refractivity contribution in [2.24, 2.45) is 0 Å². The van der Waals surface area contributed by atoms with Crippen LogP contribution in [0.15, 0.2) is 24.3 Å². The van der Waals surface area contributed by atoms with Crippen molar-refractivity contribution in [1.29, 1.82) is 0 Å². The molecular formula is C11H7BrClF3N2. The Labute approximate surface area is 114 Å². The van der Waals surface area contributed by atoms with Crippen LogP contribution in [0.4, 0.5) is 13.2 Å². The molecule has 0 bridgehead atoms. The van der Waals surface area contributed by atoms with E-state index in [-0.39, 0.29) is 16.0 Å². The minimum atomic E-state index is -2.73. The van der Waals surface area contributed by atoms with Gasteiger partial charge in [0.05, 0.1) is 5.69 Å². The van der Waals surface area contributed by atoms with E-state index in [0.29, 0.717) is 5.69 Å². The Bertz CT molecular complexity index is 571. The van der Waals surface area contributed by atoms with Crippen LogP contribution in [0.1, 0.15) is 17.7 Å². The zero-order valence-corrected chi connectivity index (χ0v) is 11.2. The van der Waals surface area contributed by atoms with Crippen molar-refractivity contribution < 1.29 is 13.2 Å². The second kappa shape index (κ2) is 5.32. The number of alkyl halides is 3. The summed E-state index contributed by atoms with van der Waals surface area (Å²) in [5.74, 6) is -0.488. The zero-order chi connectivity index (χ0) is 13.3. The Balaban J connectivity index is 2.59. The first kappa shape index (κ1) is 13.4. The Kier molecular flexibility index (Phi) is 3.97. The Hall–Kier alpha value is -1.01. The molecule has 0 N–H and O–H groups in total. The van der Waals surface area contributed by atoms with Gasteiger partial charge in [-0.15, -0.1) is 0 Å². The first-order chi connectivity index (χ1) is 8.54. The predicted octanol–water partition coefficient (Wildman–Crippen LogP) is 4.50. The molecule has 2 rings (SSSR count). The number of benzene rings is 1. The average Bonchev–Trinajstić information content (AvgIpc) is 2.66. The maximum absolute atomic E-state index is 13.1. The van der Waals surface area contributed by atoms with E-state index >= 15 is 0 Å². The number of nitrogens with zero attached hydrogens (tertiary/aromatic N) is 2. The molecule has 2 aromatic rings. The fourth-order valence-electron chi connectivity index (χ4n) is 1.52. The molecule has 1 aromatic carbocycles. The van der Waals surface area contributed by atoms with Gasteiger partial charge in [0.15, 0.2) is 0 Å². The van der Waals surface area contributed by atoms with Gasteiger partial charge in [-0.05, 0) is 18.2 Å². The summed E-state index contributed by atoms with van der Waals surface area (Å²) in [6, 6.07) is 5.42. The van der Waals surface area contributed by atoms with Crippen LogP contribution >= 0.6 is 27.5 Å². The monoisotopic (exact) mass is 338 g/mol. The third-order valence-electron chi connectivity index (χ3n) is 2.34. The van der Waals surface area contributed by atoms with Crippen molar-refractivity contribution in [3.63, 3.8) is 0 Å². The van der Waals surface area contributed by atoms with Gasteiger partial charge in [0.25, 0.3) is 6.43 Å². The lowest BCUT2D eigenvalue weighted by atomic mass is 10.3. The summed E-state index contributed by atoms with van der Waals surface area (Å²) in [6.45, 7) is 0. The highest BCUT2D eigenvalue weighted by Crippen LogP contribution is 2.31. The molecule has 0 saturated carbocycles. The van der Waals surface area contributed by atoms with Crippen molar-refractivity contribution in [1.82, 2.24) is 9.78 Å². The van der Waals surface area contributed by atoms with Crippen molar-refractivity contribution in [2.45, 2.75) is 11.8 Å². The minimum absolute atomic E-state index is 0.0489. The third-order valence-corrected chi connectivity index (χ3v) is 3.29. The lowest BCUT2D eigenvalue weighted by Crippen LogP contribution is -1.98. The number of aromatic nitrogens is 2. The summed E-state index contributed by atoms with van der Waals surface area (Å²) < 4.78 is 39.7. The third kappa shape index (κ3) is 2.40. The SMILES string of the molecule is Fc1cccc(-n2nc(C(F)F)c(CBr)c2Cl)c1. The number of halogens is 5. The highest BCUT2D eigenvalue weighted by molar-refractivity contribution is 9.08. The van der Waals surface area contributed by atoms with E-state index in [1.807, 2.05) is 0 Å². The Morgan fingerprint density at radius 3 is 2.61 bits per heavy atom. The van der Waals surface area contributed by atoms with Gasteiger partial charge in [-0.2, -0.15) is 5.10 Å². The molecule has 0 spiro atoms. The molecule has 1 aromatic heterocycles. The van der Waals surface area contributed by atoms with E-state index < -0.39 is 17.9 Å². The quantitative estimate of drug-likeness (QED) is 0.753. The van der Waals surface area contributed by atoms with Gasteiger partial charge in [0, 0.05) is 10.9 Å². The summed E-state index contributed by atoms with van der Waals surface area (Å²) in [5, 5.41) is 3.93. The van der Waals surface area contributed by atoms with Crippen LogP contribution < -0.4 is 0 Å². The van der Waals surface area contributed by atoms with E-state index in [1.165, 1.54) is 24.3 Å². The van der Waals surface area contributed by atoms with Gasteiger partial charge in [0.2, 0.25) is 0 Å². The maximum Gasteiger partial charge on any atom is 0.282 e. The van der Waals surface area contributed by atoms with Crippen LogP contribution in [0.3, 0.4) is 0 Å². The van der Waals surface area contributed by atoms with Gasteiger partial charge in [0.1, 0.15) is 16.7 Å². The predicted molar refractivity (Wildman–Crippen MR) is 66.1 cm³/mol. The highest BCUT2D eigenvalue weighted by atomic mass is 79.9. The normalized spacial score (nSPS) is 11.2. The molecule has 0 atom stereocenters. The van der Waals surface area contributed by atoms with Crippen LogP contribution in [0.2, 0.25) is 5.15 Å². The molecule has 2 nitrogen and oxygen atoms in total. The smallest absolute Gasteiger partial charge is 0.221 e. The molecule has 0 amide bonds. The zero-order valence-electron chi connectivity index (χ0n) is 8.88. The molecule has 0 aliphatic heterocycles. The Morgan fingerprint density at radius 2 is 2.11 bits per heavy atom. The molecule has 0 radical (unpaired) electrons. The Morgan fingerprint density at radius 1 is 1.39 bits per heavy atom.